The first kappa shape index (κ1) is 19.3. The van der Waals surface area contributed by atoms with Gasteiger partial charge in [-0.3, -0.25) is 4.79 Å². The maximum Gasteiger partial charge on any atom is 0.337 e. The molecule has 0 aliphatic heterocycles. The lowest BCUT2D eigenvalue weighted by molar-refractivity contribution is -0.123. The number of carbonyl (C=O) groups is 2. The molecule has 3 aromatic rings. The summed E-state index contributed by atoms with van der Waals surface area (Å²) in [6.07, 6.45) is 0. The molecule has 1 amide bonds. The summed E-state index contributed by atoms with van der Waals surface area (Å²) in [5, 5.41) is 3.81. The minimum Gasteiger partial charge on any atom is -0.493 e. The molecule has 1 heterocycles. The quantitative estimate of drug-likeness (QED) is 0.629. The van der Waals surface area contributed by atoms with Crippen LogP contribution in [-0.2, 0) is 9.53 Å². The van der Waals surface area contributed by atoms with Crippen LogP contribution in [0.2, 0.25) is 0 Å². The number of para-hydroxylation sites is 1. The standard InChI is InChI=1S/C21H21NO6/c1-13(18-10-14-6-4-5-7-16(14)28-18)22-20(23)12-27-17-9-8-15(21(24)26-3)11-19(17)25-2/h4-11,13H,12H2,1-3H3,(H,22,23)/t13-/m1/s1. The zero-order valence-corrected chi connectivity index (χ0v) is 15.9. The third-order valence-corrected chi connectivity index (χ3v) is 4.19. The molecule has 0 spiro atoms. The summed E-state index contributed by atoms with van der Waals surface area (Å²) >= 11 is 0. The molecule has 146 valence electrons. The van der Waals surface area contributed by atoms with Crippen LogP contribution in [0.1, 0.15) is 29.1 Å². The van der Waals surface area contributed by atoms with E-state index in [4.69, 9.17) is 13.9 Å². The number of fused-ring (bicyclic) bond motifs is 1. The molecule has 0 saturated heterocycles. The highest BCUT2D eigenvalue weighted by atomic mass is 16.5. The topological polar surface area (TPSA) is 87.0 Å². The van der Waals surface area contributed by atoms with Gasteiger partial charge < -0.3 is 23.9 Å². The van der Waals surface area contributed by atoms with E-state index in [0.717, 1.165) is 11.0 Å². The largest absolute Gasteiger partial charge is 0.493 e. The van der Waals surface area contributed by atoms with Gasteiger partial charge in [0.25, 0.3) is 5.91 Å². The van der Waals surface area contributed by atoms with Crippen LogP contribution < -0.4 is 14.8 Å². The van der Waals surface area contributed by atoms with Crippen molar-refractivity contribution in [2.45, 2.75) is 13.0 Å². The predicted molar refractivity (Wildman–Crippen MR) is 103 cm³/mol. The van der Waals surface area contributed by atoms with Gasteiger partial charge in [-0.15, -0.1) is 0 Å². The summed E-state index contributed by atoms with van der Waals surface area (Å²) in [5.41, 5.74) is 1.10. The first-order valence-corrected chi connectivity index (χ1v) is 8.69. The van der Waals surface area contributed by atoms with Crippen molar-refractivity contribution in [3.8, 4) is 11.5 Å². The number of furan rings is 1. The van der Waals surface area contributed by atoms with Crippen molar-refractivity contribution in [3.63, 3.8) is 0 Å². The lowest BCUT2D eigenvalue weighted by atomic mass is 10.2. The van der Waals surface area contributed by atoms with Gasteiger partial charge >= 0.3 is 5.97 Å². The van der Waals surface area contributed by atoms with Gasteiger partial charge in [0.2, 0.25) is 0 Å². The summed E-state index contributed by atoms with van der Waals surface area (Å²) in [7, 11) is 2.75. The Kier molecular flexibility index (Phi) is 5.84. The highest BCUT2D eigenvalue weighted by Gasteiger charge is 2.16. The van der Waals surface area contributed by atoms with Gasteiger partial charge in [-0.05, 0) is 37.3 Å². The van der Waals surface area contributed by atoms with E-state index in [9.17, 15) is 9.59 Å². The number of hydrogen-bond donors (Lipinski definition) is 1. The molecule has 7 heteroatoms. The van der Waals surface area contributed by atoms with E-state index in [1.807, 2.05) is 37.3 Å². The number of hydrogen-bond acceptors (Lipinski definition) is 6. The molecule has 0 aliphatic carbocycles. The number of amides is 1. The molecular weight excluding hydrogens is 362 g/mol. The van der Waals surface area contributed by atoms with Gasteiger partial charge in [0.05, 0.1) is 25.8 Å². The Morgan fingerprint density at radius 2 is 1.86 bits per heavy atom. The van der Waals surface area contributed by atoms with Crippen LogP contribution in [0.15, 0.2) is 52.9 Å². The molecule has 1 atom stereocenters. The SMILES string of the molecule is COC(=O)c1ccc(OCC(=O)N[C@H](C)c2cc3ccccc3o2)c(OC)c1. The second-order valence-electron chi connectivity index (χ2n) is 6.12. The van der Waals surface area contributed by atoms with Gasteiger partial charge in [0.15, 0.2) is 18.1 Å². The van der Waals surface area contributed by atoms with Crippen LogP contribution >= 0.6 is 0 Å². The van der Waals surface area contributed by atoms with Crippen molar-refractivity contribution in [2.75, 3.05) is 20.8 Å². The van der Waals surface area contributed by atoms with Gasteiger partial charge in [-0.25, -0.2) is 4.79 Å². The summed E-state index contributed by atoms with van der Waals surface area (Å²) < 4.78 is 21.2. The first-order valence-electron chi connectivity index (χ1n) is 8.69. The lowest BCUT2D eigenvalue weighted by Crippen LogP contribution is -2.31. The average Bonchev–Trinajstić information content (AvgIpc) is 3.16. The van der Waals surface area contributed by atoms with Gasteiger partial charge in [0.1, 0.15) is 11.3 Å². The average molecular weight is 383 g/mol. The molecular formula is C21H21NO6. The fourth-order valence-electron chi connectivity index (χ4n) is 2.75. The first-order chi connectivity index (χ1) is 13.5. The van der Waals surface area contributed by atoms with Gasteiger partial charge in [-0.2, -0.15) is 0 Å². The second-order valence-corrected chi connectivity index (χ2v) is 6.12. The Hall–Kier alpha value is -3.48. The number of esters is 1. The Labute approximate surface area is 162 Å². The summed E-state index contributed by atoms with van der Waals surface area (Å²) in [6.45, 7) is 1.62. The number of carbonyl (C=O) groups excluding carboxylic acids is 2. The molecule has 1 aromatic heterocycles. The maximum atomic E-state index is 12.2. The minimum absolute atomic E-state index is 0.210. The molecule has 28 heavy (non-hydrogen) atoms. The molecule has 7 nitrogen and oxygen atoms in total. The van der Waals surface area contributed by atoms with E-state index in [0.29, 0.717) is 22.8 Å². The van der Waals surface area contributed by atoms with E-state index in [2.05, 4.69) is 10.1 Å². The van der Waals surface area contributed by atoms with E-state index in [1.54, 1.807) is 12.1 Å². The summed E-state index contributed by atoms with van der Waals surface area (Å²) in [5.74, 6) is 0.548. The number of rotatable bonds is 7. The monoisotopic (exact) mass is 383 g/mol. The fraction of sp³-hybridized carbons (Fsp3) is 0.238. The smallest absolute Gasteiger partial charge is 0.337 e. The third kappa shape index (κ3) is 4.25. The van der Waals surface area contributed by atoms with Crippen LogP contribution in [0.3, 0.4) is 0 Å². The summed E-state index contributed by atoms with van der Waals surface area (Å²) in [6, 6.07) is 13.8. The number of ether oxygens (including phenoxy) is 3. The maximum absolute atomic E-state index is 12.2. The molecule has 0 saturated carbocycles. The zero-order chi connectivity index (χ0) is 20.1. The lowest BCUT2D eigenvalue weighted by Gasteiger charge is -2.14. The van der Waals surface area contributed by atoms with Gasteiger partial charge in [-0.1, -0.05) is 18.2 Å². The number of methoxy groups -OCH3 is 2. The van der Waals surface area contributed by atoms with Gasteiger partial charge in [0, 0.05) is 5.39 Å². The zero-order valence-electron chi connectivity index (χ0n) is 15.9. The minimum atomic E-state index is -0.484. The van der Waals surface area contributed by atoms with Crippen LogP contribution in [0.25, 0.3) is 11.0 Å². The van der Waals surface area contributed by atoms with Crippen LogP contribution in [-0.4, -0.2) is 32.7 Å². The van der Waals surface area contributed by atoms with Crippen molar-refractivity contribution in [3.05, 3.63) is 59.9 Å². The Bertz CT molecular complexity index is 960. The second kappa shape index (κ2) is 8.47. The van der Waals surface area contributed by atoms with Crippen molar-refractivity contribution in [1.82, 2.24) is 5.32 Å². The number of nitrogens with one attached hydrogen (secondary N) is 1. The van der Waals surface area contributed by atoms with Crippen LogP contribution in [0.5, 0.6) is 11.5 Å². The van der Waals surface area contributed by atoms with E-state index in [1.165, 1.54) is 20.3 Å². The molecule has 0 aliphatic rings. The van der Waals surface area contributed by atoms with Crippen LogP contribution in [0, 0.1) is 0 Å². The van der Waals surface area contributed by atoms with Crippen LogP contribution in [0.4, 0.5) is 0 Å². The van der Waals surface area contributed by atoms with E-state index < -0.39 is 5.97 Å². The van der Waals surface area contributed by atoms with Crippen molar-refractivity contribution in [1.29, 1.82) is 0 Å². The molecule has 0 radical (unpaired) electrons. The van der Waals surface area contributed by atoms with Crippen molar-refractivity contribution in [2.24, 2.45) is 0 Å². The fourth-order valence-corrected chi connectivity index (χ4v) is 2.75. The Morgan fingerprint density at radius 1 is 1.07 bits per heavy atom. The number of benzene rings is 2. The molecule has 1 N–H and O–H groups in total. The third-order valence-electron chi connectivity index (χ3n) is 4.19. The molecule has 3 rings (SSSR count). The van der Waals surface area contributed by atoms with E-state index >= 15 is 0 Å². The normalized spacial score (nSPS) is 11.7. The molecule has 0 bridgehead atoms. The molecule has 2 aromatic carbocycles. The predicted octanol–water partition coefficient (Wildman–Crippen LogP) is 3.48. The molecule has 0 unspecified atom stereocenters. The highest BCUT2D eigenvalue weighted by molar-refractivity contribution is 5.90. The Balaban J connectivity index is 1.61. The highest BCUT2D eigenvalue weighted by Crippen LogP contribution is 2.28. The Morgan fingerprint density at radius 3 is 2.57 bits per heavy atom. The molecule has 0 fully saturated rings. The van der Waals surface area contributed by atoms with E-state index in [-0.39, 0.29) is 18.6 Å². The van der Waals surface area contributed by atoms with Crippen molar-refractivity contribution >= 4 is 22.8 Å². The summed E-state index contributed by atoms with van der Waals surface area (Å²) in [4.78, 5) is 23.8. The van der Waals surface area contributed by atoms with Crippen molar-refractivity contribution < 1.29 is 28.2 Å².